The van der Waals surface area contributed by atoms with E-state index in [9.17, 15) is 4.39 Å². The predicted molar refractivity (Wildman–Crippen MR) is 89.0 cm³/mol. The van der Waals surface area contributed by atoms with Crippen LogP contribution in [0, 0.1) is 5.82 Å². The summed E-state index contributed by atoms with van der Waals surface area (Å²) in [6.45, 7) is 2.59. The number of aromatic nitrogens is 1. The van der Waals surface area contributed by atoms with Crippen LogP contribution in [0.5, 0.6) is 0 Å². The Bertz CT molecular complexity index is 761. The van der Waals surface area contributed by atoms with Crippen molar-refractivity contribution in [3.8, 4) is 0 Å². The molecule has 0 saturated heterocycles. The summed E-state index contributed by atoms with van der Waals surface area (Å²) < 4.78 is 19.8. The maximum absolute atomic E-state index is 14.3. The van der Waals surface area contributed by atoms with Gasteiger partial charge < -0.3 is 9.73 Å². The van der Waals surface area contributed by atoms with Crippen molar-refractivity contribution in [2.24, 2.45) is 5.10 Å². The number of fused-ring (bicyclic) bond motifs is 1. The molecule has 0 bridgehead atoms. The number of hydrogen-bond donors (Lipinski definition) is 1. The molecule has 1 aliphatic heterocycles. The minimum Gasteiger partial charge on any atom is -0.439 e. The summed E-state index contributed by atoms with van der Waals surface area (Å²) in [7, 11) is 0. The Kier molecular flexibility index (Phi) is 4.26. The van der Waals surface area contributed by atoms with E-state index < -0.39 is 5.82 Å². The number of thiocarbonyl (C=S) groups is 1. The average Bonchev–Trinajstić information content (AvgIpc) is 2.97. The van der Waals surface area contributed by atoms with Gasteiger partial charge in [-0.15, -0.1) is 0 Å². The van der Waals surface area contributed by atoms with Gasteiger partial charge in [0.2, 0.25) is 0 Å². The molecule has 0 radical (unpaired) electrons. The lowest BCUT2D eigenvalue weighted by Crippen LogP contribution is -2.33. The van der Waals surface area contributed by atoms with E-state index in [0.717, 1.165) is 12.8 Å². The number of oxazole rings is 1. The summed E-state index contributed by atoms with van der Waals surface area (Å²) in [5.41, 5.74) is 0.853. The number of benzene rings is 1. The first-order valence-electron chi connectivity index (χ1n) is 6.98. The molecule has 8 heteroatoms. The molecule has 1 aliphatic rings. The minimum absolute atomic E-state index is 0.161. The standard InChI is InChI=1S/C14H14ClFN4OS/c1-2-10-18-12-11(9(16)7-8(15)13(12)21-10)19-14(22)20-6-4-3-5-17-20/h5,7H,2-4,6H2,1H3,(H,19,22). The van der Waals surface area contributed by atoms with Crippen LogP contribution in [-0.4, -0.2) is 27.9 Å². The maximum Gasteiger partial charge on any atom is 0.195 e. The van der Waals surface area contributed by atoms with Crippen molar-refractivity contribution in [2.75, 3.05) is 11.9 Å². The van der Waals surface area contributed by atoms with Crippen LogP contribution < -0.4 is 5.32 Å². The highest BCUT2D eigenvalue weighted by Gasteiger charge is 2.20. The number of anilines is 1. The summed E-state index contributed by atoms with van der Waals surface area (Å²) in [6, 6.07) is 1.19. The molecule has 116 valence electrons. The van der Waals surface area contributed by atoms with Crippen LogP contribution in [0.3, 0.4) is 0 Å². The van der Waals surface area contributed by atoms with Crippen LogP contribution >= 0.6 is 23.8 Å². The Morgan fingerprint density at radius 3 is 3.09 bits per heavy atom. The summed E-state index contributed by atoms with van der Waals surface area (Å²) in [5.74, 6) is -0.0377. The number of halogens is 2. The normalized spacial score (nSPS) is 14.6. The SMILES string of the molecule is CCc1nc2c(NC(=S)N3CCCC=N3)c(F)cc(Cl)c2o1. The Balaban J connectivity index is 1.98. The molecule has 0 spiro atoms. The van der Waals surface area contributed by atoms with Gasteiger partial charge in [0.1, 0.15) is 11.2 Å². The van der Waals surface area contributed by atoms with Crippen molar-refractivity contribution in [1.29, 1.82) is 0 Å². The molecule has 5 nitrogen and oxygen atoms in total. The van der Waals surface area contributed by atoms with Gasteiger partial charge in [-0.05, 0) is 31.1 Å². The van der Waals surface area contributed by atoms with E-state index in [1.54, 1.807) is 11.2 Å². The lowest BCUT2D eigenvalue weighted by atomic mass is 10.2. The smallest absolute Gasteiger partial charge is 0.195 e. The zero-order chi connectivity index (χ0) is 15.7. The second kappa shape index (κ2) is 6.18. The van der Waals surface area contributed by atoms with Crippen molar-refractivity contribution in [3.05, 3.63) is 22.8 Å². The van der Waals surface area contributed by atoms with Gasteiger partial charge in [-0.3, -0.25) is 0 Å². The summed E-state index contributed by atoms with van der Waals surface area (Å²) in [6.07, 6.45) is 4.25. The van der Waals surface area contributed by atoms with Crippen LogP contribution in [0.15, 0.2) is 15.6 Å². The quantitative estimate of drug-likeness (QED) is 0.838. The molecule has 0 aliphatic carbocycles. The van der Waals surface area contributed by atoms with Crippen molar-refractivity contribution >= 4 is 51.9 Å². The first kappa shape index (κ1) is 15.2. The fourth-order valence-electron chi connectivity index (χ4n) is 2.20. The largest absolute Gasteiger partial charge is 0.439 e. The molecule has 3 rings (SSSR count). The number of nitrogens with zero attached hydrogens (tertiary/aromatic N) is 3. The fraction of sp³-hybridized carbons (Fsp3) is 0.357. The number of aryl methyl sites for hydroxylation is 1. The number of nitrogens with one attached hydrogen (secondary N) is 1. The first-order chi connectivity index (χ1) is 10.6. The van der Waals surface area contributed by atoms with Gasteiger partial charge in [0.05, 0.1) is 5.02 Å². The molecule has 0 saturated carbocycles. The van der Waals surface area contributed by atoms with E-state index >= 15 is 0 Å². The molecule has 2 heterocycles. The van der Waals surface area contributed by atoms with Crippen molar-refractivity contribution in [3.63, 3.8) is 0 Å². The molecule has 22 heavy (non-hydrogen) atoms. The molecule has 0 fully saturated rings. The number of hydrogen-bond acceptors (Lipinski definition) is 4. The Hall–Kier alpha value is -1.73. The van der Waals surface area contributed by atoms with Gasteiger partial charge in [-0.25, -0.2) is 14.4 Å². The summed E-state index contributed by atoms with van der Waals surface area (Å²) in [5, 5.41) is 9.19. The molecule has 0 atom stereocenters. The van der Waals surface area contributed by atoms with E-state index in [2.05, 4.69) is 15.4 Å². The number of hydrazone groups is 1. The van der Waals surface area contributed by atoms with Gasteiger partial charge in [-0.1, -0.05) is 18.5 Å². The lowest BCUT2D eigenvalue weighted by molar-refractivity contribution is 0.428. The molecular formula is C14H14ClFN4OS. The van der Waals surface area contributed by atoms with Crippen LogP contribution in [0.2, 0.25) is 5.02 Å². The molecule has 2 aromatic rings. The highest BCUT2D eigenvalue weighted by molar-refractivity contribution is 7.80. The van der Waals surface area contributed by atoms with E-state index in [1.165, 1.54) is 6.07 Å². The van der Waals surface area contributed by atoms with Crippen LogP contribution in [-0.2, 0) is 6.42 Å². The topological polar surface area (TPSA) is 53.7 Å². The molecule has 0 unspecified atom stereocenters. The first-order valence-corrected chi connectivity index (χ1v) is 7.77. The van der Waals surface area contributed by atoms with Crippen molar-refractivity contribution in [2.45, 2.75) is 26.2 Å². The van der Waals surface area contributed by atoms with Crippen LogP contribution in [0.4, 0.5) is 10.1 Å². The highest BCUT2D eigenvalue weighted by atomic mass is 35.5. The van der Waals surface area contributed by atoms with Gasteiger partial charge >= 0.3 is 0 Å². The summed E-state index contributed by atoms with van der Waals surface area (Å²) in [4.78, 5) is 4.28. The van der Waals surface area contributed by atoms with Crippen LogP contribution in [0.1, 0.15) is 25.7 Å². The molecule has 0 amide bonds. The monoisotopic (exact) mass is 340 g/mol. The lowest BCUT2D eigenvalue weighted by Gasteiger charge is -2.23. The Morgan fingerprint density at radius 1 is 1.59 bits per heavy atom. The second-order valence-electron chi connectivity index (χ2n) is 4.85. The van der Waals surface area contributed by atoms with E-state index in [0.29, 0.717) is 35.1 Å². The zero-order valence-corrected chi connectivity index (χ0v) is 13.5. The third kappa shape index (κ3) is 2.78. The van der Waals surface area contributed by atoms with Gasteiger partial charge in [0, 0.05) is 19.2 Å². The maximum atomic E-state index is 14.3. The molecule has 1 aromatic heterocycles. The van der Waals surface area contributed by atoms with Crippen molar-refractivity contribution < 1.29 is 8.81 Å². The Labute approximate surface area is 137 Å². The third-order valence-corrected chi connectivity index (χ3v) is 3.90. The molecule has 1 aromatic carbocycles. The third-order valence-electron chi connectivity index (χ3n) is 3.31. The predicted octanol–water partition coefficient (Wildman–Crippen LogP) is 3.96. The highest BCUT2D eigenvalue weighted by Crippen LogP contribution is 2.33. The average molecular weight is 341 g/mol. The Morgan fingerprint density at radius 2 is 2.41 bits per heavy atom. The van der Waals surface area contributed by atoms with Crippen molar-refractivity contribution in [1.82, 2.24) is 9.99 Å². The van der Waals surface area contributed by atoms with E-state index in [-0.39, 0.29) is 10.7 Å². The van der Waals surface area contributed by atoms with Crippen LogP contribution in [0.25, 0.3) is 11.1 Å². The minimum atomic E-state index is -0.531. The molecular weight excluding hydrogens is 327 g/mol. The fourth-order valence-corrected chi connectivity index (χ4v) is 2.66. The molecule has 1 N–H and O–H groups in total. The van der Waals surface area contributed by atoms with E-state index in [4.69, 9.17) is 28.2 Å². The van der Waals surface area contributed by atoms with Gasteiger partial charge in [0.15, 0.2) is 22.4 Å². The van der Waals surface area contributed by atoms with Gasteiger partial charge in [0.25, 0.3) is 0 Å². The van der Waals surface area contributed by atoms with E-state index in [1.807, 2.05) is 6.92 Å². The summed E-state index contributed by atoms with van der Waals surface area (Å²) >= 11 is 11.3. The second-order valence-corrected chi connectivity index (χ2v) is 5.64. The zero-order valence-electron chi connectivity index (χ0n) is 11.9. The number of rotatable bonds is 2. The van der Waals surface area contributed by atoms with Gasteiger partial charge in [-0.2, -0.15) is 5.10 Å².